The lowest BCUT2D eigenvalue weighted by Gasteiger charge is -2.11. The minimum atomic E-state index is 0.535. The van der Waals surface area contributed by atoms with Gasteiger partial charge < -0.3 is 14.2 Å². The van der Waals surface area contributed by atoms with Gasteiger partial charge >= 0.3 is 0 Å². The van der Waals surface area contributed by atoms with E-state index in [4.69, 9.17) is 14.2 Å². The van der Waals surface area contributed by atoms with Gasteiger partial charge in [0.05, 0.1) is 13.7 Å². The second-order valence-electron chi connectivity index (χ2n) is 3.69. The van der Waals surface area contributed by atoms with Gasteiger partial charge in [0, 0.05) is 18.6 Å². The average molecular weight is 232 g/mol. The fraction of sp³-hybridized carbons (Fsp3) is 0.286. The van der Waals surface area contributed by atoms with E-state index >= 15 is 0 Å². The van der Waals surface area contributed by atoms with Gasteiger partial charge in [-0.1, -0.05) is 24.3 Å². The van der Waals surface area contributed by atoms with E-state index < -0.39 is 0 Å². The first-order valence-electron chi connectivity index (χ1n) is 5.53. The van der Waals surface area contributed by atoms with Crippen molar-refractivity contribution in [1.29, 1.82) is 0 Å². The molecule has 2 aromatic rings. The zero-order chi connectivity index (χ0) is 12.1. The second kappa shape index (κ2) is 5.55. The van der Waals surface area contributed by atoms with E-state index in [1.54, 1.807) is 14.2 Å². The smallest absolute Gasteiger partial charge is 0.130 e. The first-order chi connectivity index (χ1) is 8.35. The van der Waals surface area contributed by atoms with Crippen LogP contribution in [-0.2, 0) is 4.74 Å². The Morgan fingerprint density at radius 2 is 1.82 bits per heavy atom. The summed E-state index contributed by atoms with van der Waals surface area (Å²) in [6.07, 6.45) is 0. The Hall–Kier alpha value is -1.74. The van der Waals surface area contributed by atoms with Crippen molar-refractivity contribution in [3.8, 4) is 11.5 Å². The predicted molar refractivity (Wildman–Crippen MR) is 67.9 cm³/mol. The summed E-state index contributed by atoms with van der Waals surface area (Å²) in [4.78, 5) is 0. The lowest BCUT2D eigenvalue weighted by atomic mass is 10.1. The SMILES string of the molecule is COCCOc1cc(OC)cc2ccccc12. The summed E-state index contributed by atoms with van der Waals surface area (Å²) in [5.41, 5.74) is 0. The maximum absolute atomic E-state index is 5.70. The summed E-state index contributed by atoms with van der Waals surface area (Å²) in [5, 5.41) is 2.20. The molecule has 0 saturated carbocycles. The Kier molecular flexibility index (Phi) is 3.83. The van der Waals surface area contributed by atoms with Gasteiger partial charge in [-0.15, -0.1) is 0 Å². The molecule has 0 spiro atoms. The Balaban J connectivity index is 2.36. The molecule has 0 heterocycles. The van der Waals surface area contributed by atoms with E-state index in [0.717, 1.165) is 22.3 Å². The summed E-state index contributed by atoms with van der Waals surface area (Å²) in [5.74, 6) is 1.63. The molecule has 0 N–H and O–H groups in total. The Morgan fingerprint density at radius 3 is 2.59 bits per heavy atom. The summed E-state index contributed by atoms with van der Waals surface area (Å²) >= 11 is 0. The van der Waals surface area contributed by atoms with Gasteiger partial charge in [0.2, 0.25) is 0 Å². The highest BCUT2D eigenvalue weighted by atomic mass is 16.5. The van der Waals surface area contributed by atoms with Crippen LogP contribution < -0.4 is 9.47 Å². The van der Waals surface area contributed by atoms with E-state index in [-0.39, 0.29) is 0 Å². The summed E-state index contributed by atoms with van der Waals surface area (Å²) in [6, 6.07) is 12.0. The number of rotatable bonds is 5. The van der Waals surface area contributed by atoms with Crippen LogP contribution in [0.15, 0.2) is 36.4 Å². The average Bonchev–Trinajstić information content (AvgIpc) is 2.38. The number of hydrogen-bond donors (Lipinski definition) is 0. The van der Waals surface area contributed by atoms with Crippen molar-refractivity contribution in [3.63, 3.8) is 0 Å². The third-order valence-corrected chi connectivity index (χ3v) is 2.58. The van der Waals surface area contributed by atoms with E-state index in [9.17, 15) is 0 Å². The number of methoxy groups -OCH3 is 2. The van der Waals surface area contributed by atoms with Gasteiger partial charge in [0.1, 0.15) is 18.1 Å². The van der Waals surface area contributed by atoms with Gasteiger partial charge in [-0.2, -0.15) is 0 Å². The highest BCUT2D eigenvalue weighted by Gasteiger charge is 2.05. The van der Waals surface area contributed by atoms with Crippen LogP contribution >= 0.6 is 0 Å². The maximum atomic E-state index is 5.70. The minimum absolute atomic E-state index is 0.535. The van der Waals surface area contributed by atoms with Crippen LogP contribution in [0, 0.1) is 0 Å². The lowest BCUT2D eigenvalue weighted by Crippen LogP contribution is -2.04. The van der Waals surface area contributed by atoms with Crippen molar-refractivity contribution in [2.45, 2.75) is 0 Å². The van der Waals surface area contributed by atoms with Crippen molar-refractivity contribution in [3.05, 3.63) is 36.4 Å². The predicted octanol–water partition coefficient (Wildman–Crippen LogP) is 2.87. The van der Waals surface area contributed by atoms with E-state index in [1.807, 2.05) is 36.4 Å². The molecule has 3 nitrogen and oxygen atoms in total. The third kappa shape index (κ3) is 2.68. The van der Waals surface area contributed by atoms with Crippen LogP contribution in [0.25, 0.3) is 10.8 Å². The Labute approximate surface area is 101 Å². The molecule has 0 aliphatic carbocycles. The molecule has 0 fully saturated rings. The van der Waals surface area contributed by atoms with Crippen LogP contribution in [0.3, 0.4) is 0 Å². The molecule has 0 aliphatic heterocycles. The largest absolute Gasteiger partial charge is 0.497 e. The molecule has 0 atom stereocenters. The number of fused-ring (bicyclic) bond motifs is 1. The molecule has 3 heteroatoms. The molecule has 17 heavy (non-hydrogen) atoms. The molecular weight excluding hydrogens is 216 g/mol. The topological polar surface area (TPSA) is 27.7 Å². The summed E-state index contributed by atoms with van der Waals surface area (Å²) in [7, 11) is 3.32. The molecule has 0 aromatic heterocycles. The molecule has 2 aromatic carbocycles. The first-order valence-corrected chi connectivity index (χ1v) is 5.53. The molecule has 2 rings (SSSR count). The molecule has 0 unspecified atom stereocenters. The van der Waals surface area contributed by atoms with Gasteiger partial charge in [-0.25, -0.2) is 0 Å². The zero-order valence-corrected chi connectivity index (χ0v) is 10.1. The molecule has 0 amide bonds. The normalized spacial score (nSPS) is 10.5. The highest BCUT2D eigenvalue weighted by molar-refractivity contribution is 5.89. The maximum Gasteiger partial charge on any atom is 0.130 e. The van der Waals surface area contributed by atoms with Crippen molar-refractivity contribution < 1.29 is 14.2 Å². The molecule has 0 saturated heterocycles. The van der Waals surface area contributed by atoms with Crippen LogP contribution in [0.2, 0.25) is 0 Å². The Morgan fingerprint density at radius 1 is 1.00 bits per heavy atom. The number of benzene rings is 2. The fourth-order valence-electron chi connectivity index (χ4n) is 1.72. The van der Waals surface area contributed by atoms with Crippen molar-refractivity contribution in [1.82, 2.24) is 0 Å². The van der Waals surface area contributed by atoms with Crippen LogP contribution in [0.4, 0.5) is 0 Å². The molecular formula is C14H16O3. The van der Waals surface area contributed by atoms with E-state index in [1.165, 1.54) is 0 Å². The standard InChI is InChI=1S/C14H16O3/c1-15-7-8-17-14-10-12(16-2)9-11-5-3-4-6-13(11)14/h3-6,9-10H,7-8H2,1-2H3. The molecule has 0 radical (unpaired) electrons. The number of ether oxygens (including phenoxy) is 3. The van der Waals surface area contributed by atoms with Gasteiger partial charge in [-0.3, -0.25) is 0 Å². The van der Waals surface area contributed by atoms with Crippen LogP contribution in [0.5, 0.6) is 11.5 Å². The van der Waals surface area contributed by atoms with Gasteiger partial charge in [0.15, 0.2) is 0 Å². The Bertz CT molecular complexity index is 494. The first kappa shape index (κ1) is 11.7. The summed E-state index contributed by atoms with van der Waals surface area (Å²) in [6.45, 7) is 1.11. The quantitative estimate of drug-likeness (QED) is 0.742. The lowest BCUT2D eigenvalue weighted by molar-refractivity contribution is 0.147. The minimum Gasteiger partial charge on any atom is -0.497 e. The van der Waals surface area contributed by atoms with Crippen LogP contribution in [0.1, 0.15) is 0 Å². The van der Waals surface area contributed by atoms with Crippen LogP contribution in [-0.4, -0.2) is 27.4 Å². The molecule has 0 bridgehead atoms. The highest BCUT2D eigenvalue weighted by Crippen LogP contribution is 2.30. The number of hydrogen-bond acceptors (Lipinski definition) is 3. The van der Waals surface area contributed by atoms with Crippen molar-refractivity contribution in [2.24, 2.45) is 0 Å². The monoisotopic (exact) mass is 232 g/mol. The van der Waals surface area contributed by atoms with Gasteiger partial charge in [-0.05, 0) is 11.5 Å². The summed E-state index contributed by atoms with van der Waals surface area (Å²) < 4.78 is 15.9. The fourth-order valence-corrected chi connectivity index (χ4v) is 1.72. The van der Waals surface area contributed by atoms with E-state index in [0.29, 0.717) is 13.2 Å². The second-order valence-corrected chi connectivity index (χ2v) is 3.69. The molecule has 0 aliphatic rings. The van der Waals surface area contributed by atoms with Crippen molar-refractivity contribution in [2.75, 3.05) is 27.4 Å². The zero-order valence-electron chi connectivity index (χ0n) is 10.1. The molecule has 90 valence electrons. The third-order valence-electron chi connectivity index (χ3n) is 2.58. The van der Waals surface area contributed by atoms with Crippen molar-refractivity contribution >= 4 is 10.8 Å². The van der Waals surface area contributed by atoms with E-state index in [2.05, 4.69) is 0 Å². The van der Waals surface area contributed by atoms with Gasteiger partial charge in [0.25, 0.3) is 0 Å².